The molecular weight excluding hydrogens is 229 g/mol. The molecule has 2 atom stereocenters. The number of hydrogen-bond donors (Lipinski definition) is 1. The predicted molar refractivity (Wildman–Crippen MR) is 71.2 cm³/mol. The predicted octanol–water partition coefficient (Wildman–Crippen LogP) is 2.73. The quantitative estimate of drug-likeness (QED) is 0.752. The summed E-state index contributed by atoms with van der Waals surface area (Å²) in [6.45, 7) is 4.55. The molecule has 0 aromatic heterocycles. The lowest BCUT2D eigenvalue weighted by Crippen LogP contribution is -2.31. The van der Waals surface area contributed by atoms with Gasteiger partial charge in [0.05, 0.1) is 6.61 Å². The highest BCUT2D eigenvalue weighted by Crippen LogP contribution is 2.56. The Kier molecular flexibility index (Phi) is 4.36. The van der Waals surface area contributed by atoms with Crippen molar-refractivity contribution in [3.63, 3.8) is 0 Å². The molecule has 3 heteroatoms. The molecule has 0 saturated heterocycles. The van der Waals surface area contributed by atoms with Crippen molar-refractivity contribution >= 4 is 0 Å². The molecule has 100 valence electrons. The van der Waals surface area contributed by atoms with Gasteiger partial charge in [0.1, 0.15) is 5.82 Å². The van der Waals surface area contributed by atoms with Gasteiger partial charge in [-0.15, -0.1) is 0 Å². The summed E-state index contributed by atoms with van der Waals surface area (Å²) < 4.78 is 19.0. The first-order valence-electron chi connectivity index (χ1n) is 6.69. The van der Waals surface area contributed by atoms with Crippen molar-refractivity contribution in [2.24, 2.45) is 5.92 Å². The van der Waals surface area contributed by atoms with Crippen LogP contribution in [0.2, 0.25) is 0 Å². The van der Waals surface area contributed by atoms with Crippen LogP contribution < -0.4 is 5.32 Å². The van der Waals surface area contributed by atoms with E-state index in [2.05, 4.69) is 12.2 Å². The zero-order valence-electron chi connectivity index (χ0n) is 11.2. The highest BCUT2D eigenvalue weighted by Gasteiger charge is 2.54. The molecule has 18 heavy (non-hydrogen) atoms. The van der Waals surface area contributed by atoms with Gasteiger partial charge in [-0.05, 0) is 24.0 Å². The standard InChI is InChI=1S/C15H22FNO/c1-3-12-10-15(12,11-17-8-9-18-2)13-6-4-5-7-14(13)16/h4-7,12,17H,3,8-11H2,1-2H3. The van der Waals surface area contributed by atoms with Crippen LogP contribution in [0.4, 0.5) is 4.39 Å². The lowest BCUT2D eigenvalue weighted by Gasteiger charge is -2.19. The average Bonchev–Trinajstić information content (AvgIpc) is 3.10. The summed E-state index contributed by atoms with van der Waals surface area (Å²) >= 11 is 0. The number of nitrogens with one attached hydrogen (secondary N) is 1. The van der Waals surface area contributed by atoms with Gasteiger partial charge in [0.2, 0.25) is 0 Å². The Morgan fingerprint density at radius 1 is 1.44 bits per heavy atom. The first-order chi connectivity index (χ1) is 8.74. The van der Waals surface area contributed by atoms with E-state index >= 15 is 0 Å². The van der Waals surface area contributed by atoms with Crippen molar-refractivity contribution < 1.29 is 9.13 Å². The molecule has 2 nitrogen and oxygen atoms in total. The molecule has 1 aliphatic carbocycles. The van der Waals surface area contributed by atoms with Crippen LogP contribution in [0.5, 0.6) is 0 Å². The van der Waals surface area contributed by atoms with Gasteiger partial charge in [0, 0.05) is 25.6 Å². The highest BCUT2D eigenvalue weighted by molar-refractivity contribution is 5.35. The molecule has 1 aliphatic rings. The molecule has 0 amide bonds. The summed E-state index contributed by atoms with van der Waals surface area (Å²) in [5.41, 5.74) is 0.884. The van der Waals surface area contributed by atoms with E-state index in [1.54, 1.807) is 19.2 Å². The minimum atomic E-state index is -0.0676. The molecule has 1 aromatic carbocycles. The molecule has 0 spiro atoms. The number of halogens is 1. The van der Waals surface area contributed by atoms with E-state index in [0.717, 1.165) is 31.5 Å². The molecule has 1 saturated carbocycles. The largest absolute Gasteiger partial charge is 0.383 e. The van der Waals surface area contributed by atoms with Crippen LogP contribution in [0.3, 0.4) is 0 Å². The van der Waals surface area contributed by atoms with Gasteiger partial charge >= 0.3 is 0 Å². The Balaban J connectivity index is 2.07. The minimum Gasteiger partial charge on any atom is -0.383 e. The van der Waals surface area contributed by atoms with E-state index in [-0.39, 0.29) is 11.2 Å². The number of ether oxygens (including phenoxy) is 1. The van der Waals surface area contributed by atoms with Gasteiger partial charge < -0.3 is 10.1 Å². The van der Waals surface area contributed by atoms with Crippen LogP contribution in [0.15, 0.2) is 24.3 Å². The lowest BCUT2D eigenvalue weighted by molar-refractivity contribution is 0.198. The Morgan fingerprint density at radius 3 is 2.83 bits per heavy atom. The van der Waals surface area contributed by atoms with E-state index in [0.29, 0.717) is 12.5 Å². The van der Waals surface area contributed by atoms with E-state index in [1.807, 2.05) is 12.1 Å². The smallest absolute Gasteiger partial charge is 0.127 e. The molecule has 1 N–H and O–H groups in total. The van der Waals surface area contributed by atoms with Gasteiger partial charge in [-0.1, -0.05) is 31.5 Å². The maximum Gasteiger partial charge on any atom is 0.127 e. The molecule has 1 aromatic rings. The van der Waals surface area contributed by atoms with Gasteiger partial charge in [-0.2, -0.15) is 0 Å². The molecule has 2 rings (SSSR count). The van der Waals surface area contributed by atoms with E-state index in [4.69, 9.17) is 4.74 Å². The van der Waals surface area contributed by atoms with Crippen molar-refractivity contribution in [3.8, 4) is 0 Å². The fraction of sp³-hybridized carbons (Fsp3) is 0.600. The number of benzene rings is 1. The van der Waals surface area contributed by atoms with Gasteiger partial charge in [0.15, 0.2) is 0 Å². The second kappa shape index (κ2) is 5.81. The summed E-state index contributed by atoms with van der Waals surface area (Å²) in [6, 6.07) is 7.19. The Bertz CT molecular complexity index is 396. The van der Waals surface area contributed by atoms with Crippen LogP contribution in [0.25, 0.3) is 0 Å². The first-order valence-corrected chi connectivity index (χ1v) is 6.69. The van der Waals surface area contributed by atoms with Crippen molar-refractivity contribution in [1.82, 2.24) is 5.32 Å². The van der Waals surface area contributed by atoms with Crippen LogP contribution in [0.1, 0.15) is 25.3 Å². The van der Waals surface area contributed by atoms with Crippen LogP contribution in [-0.4, -0.2) is 26.8 Å². The zero-order valence-corrected chi connectivity index (χ0v) is 11.2. The Morgan fingerprint density at radius 2 is 2.22 bits per heavy atom. The monoisotopic (exact) mass is 251 g/mol. The zero-order chi connectivity index (χ0) is 13.0. The van der Waals surface area contributed by atoms with Crippen LogP contribution in [0, 0.1) is 11.7 Å². The molecule has 1 fully saturated rings. The van der Waals surface area contributed by atoms with E-state index < -0.39 is 0 Å². The Labute approximate surface area is 109 Å². The molecular formula is C15H22FNO. The topological polar surface area (TPSA) is 21.3 Å². The average molecular weight is 251 g/mol. The number of hydrogen-bond acceptors (Lipinski definition) is 2. The Hall–Kier alpha value is -0.930. The summed E-state index contributed by atoms with van der Waals surface area (Å²) in [5.74, 6) is 0.534. The normalized spacial score (nSPS) is 26.3. The highest BCUT2D eigenvalue weighted by atomic mass is 19.1. The molecule has 0 radical (unpaired) electrons. The number of methoxy groups -OCH3 is 1. The van der Waals surface area contributed by atoms with Gasteiger partial charge in [-0.25, -0.2) is 4.39 Å². The third-order valence-electron chi connectivity index (χ3n) is 4.06. The lowest BCUT2D eigenvalue weighted by atomic mass is 9.91. The summed E-state index contributed by atoms with van der Waals surface area (Å²) in [5, 5.41) is 3.39. The molecule has 0 bridgehead atoms. The maximum absolute atomic E-state index is 14.0. The maximum atomic E-state index is 14.0. The van der Waals surface area contributed by atoms with Crippen molar-refractivity contribution in [2.75, 3.05) is 26.8 Å². The summed E-state index contributed by atoms with van der Waals surface area (Å²) in [7, 11) is 1.69. The first kappa shape index (κ1) is 13.5. The van der Waals surface area contributed by atoms with Crippen molar-refractivity contribution in [3.05, 3.63) is 35.6 Å². The van der Waals surface area contributed by atoms with Gasteiger partial charge in [-0.3, -0.25) is 0 Å². The summed E-state index contributed by atoms with van der Waals surface area (Å²) in [4.78, 5) is 0. The minimum absolute atomic E-state index is 0.00777. The SMILES string of the molecule is CCC1CC1(CNCCOC)c1ccccc1F. The number of rotatable bonds is 7. The molecule has 2 unspecified atom stereocenters. The van der Waals surface area contributed by atoms with Crippen molar-refractivity contribution in [1.29, 1.82) is 0 Å². The molecule has 0 aliphatic heterocycles. The third kappa shape index (κ3) is 2.57. The van der Waals surface area contributed by atoms with Crippen molar-refractivity contribution in [2.45, 2.75) is 25.2 Å². The van der Waals surface area contributed by atoms with Crippen LogP contribution >= 0.6 is 0 Å². The van der Waals surface area contributed by atoms with Gasteiger partial charge in [0.25, 0.3) is 0 Å². The summed E-state index contributed by atoms with van der Waals surface area (Å²) in [6.07, 6.45) is 2.20. The fourth-order valence-electron chi connectivity index (χ4n) is 2.91. The van der Waals surface area contributed by atoms with E-state index in [9.17, 15) is 4.39 Å². The fourth-order valence-corrected chi connectivity index (χ4v) is 2.91. The molecule has 0 heterocycles. The second-order valence-electron chi connectivity index (χ2n) is 5.11. The van der Waals surface area contributed by atoms with Crippen LogP contribution in [-0.2, 0) is 10.2 Å². The third-order valence-corrected chi connectivity index (χ3v) is 4.06. The van der Waals surface area contributed by atoms with E-state index in [1.165, 1.54) is 0 Å². The second-order valence-corrected chi connectivity index (χ2v) is 5.11.